The summed E-state index contributed by atoms with van der Waals surface area (Å²) in [6, 6.07) is 0. The van der Waals surface area contributed by atoms with E-state index in [1.54, 1.807) is 0 Å². The van der Waals surface area contributed by atoms with Crippen molar-refractivity contribution in [3.05, 3.63) is 22.8 Å². The van der Waals surface area contributed by atoms with Gasteiger partial charge in [0.1, 0.15) is 5.82 Å². The highest BCUT2D eigenvalue weighted by atomic mass is 32.2. The zero-order valence-corrected chi connectivity index (χ0v) is 13.9. The average Bonchev–Trinajstić information content (AvgIpc) is 2.48. The zero-order valence-electron chi connectivity index (χ0n) is 12.3. The van der Waals surface area contributed by atoms with Gasteiger partial charge in [-0.25, -0.2) is 9.97 Å². The van der Waals surface area contributed by atoms with Crippen molar-refractivity contribution in [2.75, 3.05) is 18.1 Å². The summed E-state index contributed by atoms with van der Waals surface area (Å²) < 4.78 is 0. The predicted molar refractivity (Wildman–Crippen MR) is 88.6 cm³/mol. The summed E-state index contributed by atoms with van der Waals surface area (Å²) in [7, 11) is 0. The van der Waals surface area contributed by atoms with Crippen LogP contribution < -0.4 is 5.32 Å². The summed E-state index contributed by atoms with van der Waals surface area (Å²) in [5.41, 5.74) is 3.98. The van der Waals surface area contributed by atoms with E-state index < -0.39 is 0 Å². The molecule has 2 aliphatic heterocycles. The first kappa shape index (κ1) is 14.7. The molecule has 2 atom stereocenters. The molecule has 2 unspecified atom stereocenters. The third-order valence-electron chi connectivity index (χ3n) is 3.97. The quantitative estimate of drug-likeness (QED) is 0.929. The van der Waals surface area contributed by atoms with Gasteiger partial charge >= 0.3 is 0 Å². The molecule has 0 aromatic carbocycles. The molecule has 5 heteroatoms. The van der Waals surface area contributed by atoms with Gasteiger partial charge in [-0.1, -0.05) is 20.3 Å². The lowest BCUT2D eigenvalue weighted by Gasteiger charge is -2.28. The summed E-state index contributed by atoms with van der Waals surface area (Å²) in [6.07, 6.45) is 3.30. The van der Waals surface area contributed by atoms with Crippen molar-refractivity contribution in [3.63, 3.8) is 0 Å². The van der Waals surface area contributed by atoms with Crippen LogP contribution in [0.2, 0.25) is 0 Å². The van der Waals surface area contributed by atoms with Crippen LogP contribution >= 0.6 is 23.5 Å². The van der Waals surface area contributed by atoms with Gasteiger partial charge in [0.05, 0.1) is 10.9 Å². The van der Waals surface area contributed by atoms with E-state index in [-0.39, 0.29) is 0 Å². The molecule has 1 aromatic heterocycles. The SMILES string of the molecule is CCCc1nc(C2SCCSC2C)nc2c1CNCC2. The molecule has 1 aromatic rings. The Labute approximate surface area is 130 Å². The Kier molecular flexibility index (Phi) is 4.89. The van der Waals surface area contributed by atoms with E-state index in [9.17, 15) is 0 Å². The van der Waals surface area contributed by atoms with E-state index in [0.29, 0.717) is 10.5 Å². The van der Waals surface area contributed by atoms with E-state index in [0.717, 1.165) is 38.2 Å². The lowest BCUT2D eigenvalue weighted by molar-refractivity contribution is 0.604. The van der Waals surface area contributed by atoms with Crippen molar-refractivity contribution in [3.8, 4) is 0 Å². The predicted octanol–water partition coefficient (Wildman–Crippen LogP) is 2.98. The second-order valence-corrected chi connectivity index (χ2v) is 8.23. The van der Waals surface area contributed by atoms with Gasteiger partial charge in [-0.2, -0.15) is 11.8 Å². The van der Waals surface area contributed by atoms with Crippen LogP contribution in [0, 0.1) is 0 Å². The van der Waals surface area contributed by atoms with Crippen LogP contribution in [0.5, 0.6) is 0 Å². The fourth-order valence-corrected chi connectivity index (χ4v) is 5.61. The number of nitrogens with zero attached hydrogens (tertiary/aromatic N) is 2. The molecule has 3 nitrogen and oxygen atoms in total. The largest absolute Gasteiger partial charge is 0.312 e. The highest BCUT2D eigenvalue weighted by Crippen LogP contribution is 2.41. The molecule has 1 fully saturated rings. The first-order valence-corrected chi connectivity index (χ1v) is 9.71. The van der Waals surface area contributed by atoms with Gasteiger partial charge in [0.25, 0.3) is 0 Å². The summed E-state index contributed by atoms with van der Waals surface area (Å²) in [5.74, 6) is 3.59. The fourth-order valence-electron chi connectivity index (χ4n) is 2.92. The first-order valence-electron chi connectivity index (χ1n) is 7.62. The molecule has 0 saturated carbocycles. The summed E-state index contributed by atoms with van der Waals surface area (Å²) >= 11 is 4.10. The van der Waals surface area contributed by atoms with Crippen molar-refractivity contribution in [2.24, 2.45) is 0 Å². The van der Waals surface area contributed by atoms with Crippen LogP contribution in [0.1, 0.15) is 48.3 Å². The summed E-state index contributed by atoms with van der Waals surface area (Å²) in [5, 5.41) is 4.56. The molecule has 2 aliphatic rings. The second-order valence-electron chi connectivity index (χ2n) is 5.50. The first-order chi connectivity index (χ1) is 9.79. The number of aromatic nitrogens is 2. The lowest BCUT2D eigenvalue weighted by atomic mass is 10.0. The minimum Gasteiger partial charge on any atom is -0.312 e. The Balaban J connectivity index is 1.96. The highest BCUT2D eigenvalue weighted by molar-refractivity contribution is 8.06. The molecule has 0 bridgehead atoms. The van der Waals surface area contributed by atoms with Gasteiger partial charge in [-0.15, -0.1) is 11.8 Å². The van der Waals surface area contributed by atoms with Gasteiger partial charge in [0.2, 0.25) is 0 Å². The van der Waals surface area contributed by atoms with Crippen molar-refractivity contribution in [1.82, 2.24) is 15.3 Å². The number of fused-ring (bicyclic) bond motifs is 1. The third kappa shape index (κ3) is 3.00. The minimum absolute atomic E-state index is 0.476. The van der Waals surface area contributed by atoms with E-state index in [1.165, 1.54) is 28.5 Å². The normalized spacial score (nSPS) is 26.3. The Bertz CT molecular complexity index is 478. The molecule has 0 amide bonds. The molecule has 1 N–H and O–H groups in total. The van der Waals surface area contributed by atoms with Crippen LogP contribution in [0.3, 0.4) is 0 Å². The maximum atomic E-state index is 4.96. The number of hydrogen-bond acceptors (Lipinski definition) is 5. The van der Waals surface area contributed by atoms with E-state index in [2.05, 4.69) is 30.9 Å². The van der Waals surface area contributed by atoms with Crippen LogP contribution in [0.15, 0.2) is 0 Å². The molecule has 110 valence electrons. The molecule has 3 heterocycles. The fraction of sp³-hybridized carbons (Fsp3) is 0.733. The monoisotopic (exact) mass is 309 g/mol. The standard InChI is InChI=1S/C15H23N3S2/c1-3-4-12-11-9-16-6-5-13(11)18-15(17-12)14-10(2)19-7-8-20-14/h10,14,16H,3-9H2,1-2H3. The lowest BCUT2D eigenvalue weighted by Crippen LogP contribution is -2.28. The van der Waals surface area contributed by atoms with Gasteiger partial charge in [-0.3, -0.25) is 0 Å². The van der Waals surface area contributed by atoms with Crippen LogP contribution in [-0.2, 0) is 19.4 Å². The maximum Gasteiger partial charge on any atom is 0.142 e. The van der Waals surface area contributed by atoms with E-state index in [1.807, 2.05) is 11.8 Å². The van der Waals surface area contributed by atoms with Crippen molar-refractivity contribution < 1.29 is 0 Å². The number of thioether (sulfide) groups is 2. The average molecular weight is 310 g/mol. The van der Waals surface area contributed by atoms with Crippen molar-refractivity contribution >= 4 is 23.5 Å². The number of nitrogens with one attached hydrogen (secondary N) is 1. The van der Waals surface area contributed by atoms with Crippen LogP contribution in [0.25, 0.3) is 0 Å². The van der Waals surface area contributed by atoms with Crippen LogP contribution in [-0.4, -0.2) is 33.3 Å². The van der Waals surface area contributed by atoms with E-state index >= 15 is 0 Å². The molecule has 1 saturated heterocycles. The smallest absolute Gasteiger partial charge is 0.142 e. The highest BCUT2D eigenvalue weighted by Gasteiger charge is 2.28. The Morgan fingerprint density at radius 3 is 2.90 bits per heavy atom. The Hall–Kier alpha value is -0.260. The second kappa shape index (κ2) is 6.67. The minimum atomic E-state index is 0.476. The van der Waals surface area contributed by atoms with Gasteiger partial charge in [-0.05, 0) is 6.42 Å². The van der Waals surface area contributed by atoms with Crippen LogP contribution in [0.4, 0.5) is 0 Å². The Morgan fingerprint density at radius 1 is 1.25 bits per heavy atom. The zero-order chi connectivity index (χ0) is 13.9. The van der Waals surface area contributed by atoms with Crippen molar-refractivity contribution in [2.45, 2.75) is 50.2 Å². The molecule has 3 rings (SSSR count). The van der Waals surface area contributed by atoms with Gasteiger partial charge in [0.15, 0.2) is 0 Å². The molecule has 0 spiro atoms. The third-order valence-corrected chi connectivity index (χ3v) is 7.05. The number of rotatable bonds is 3. The topological polar surface area (TPSA) is 37.8 Å². The van der Waals surface area contributed by atoms with Gasteiger partial charge in [0, 0.05) is 47.5 Å². The molecule has 0 radical (unpaired) electrons. The Morgan fingerprint density at radius 2 is 2.10 bits per heavy atom. The number of hydrogen-bond donors (Lipinski definition) is 1. The number of aryl methyl sites for hydroxylation is 1. The molecular formula is C15H23N3S2. The summed E-state index contributed by atoms with van der Waals surface area (Å²) in [4.78, 5) is 9.91. The summed E-state index contributed by atoms with van der Waals surface area (Å²) in [6.45, 7) is 6.56. The maximum absolute atomic E-state index is 4.96. The molecule has 0 aliphatic carbocycles. The van der Waals surface area contributed by atoms with E-state index in [4.69, 9.17) is 9.97 Å². The van der Waals surface area contributed by atoms with Gasteiger partial charge < -0.3 is 5.32 Å². The molecular weight excluding hydrogens is 286 g/mol. The molecule has 20 heavy (non-hydrogen) atoms. The van der Waals surface area contributed by atoms with Crippen molar-refractivity contribution in [1.29, 1.82) is 0 Å².